The van der Waals surface area contributed by atoms with Crippen LogP contribution in [0.4, 0.5) is 0 Å². The van der Waals surface area contributed by atoms with E-state index in [1.807, 2.05) is 6.26 Å². The summed E-state index contributed by atoms with van der Waals surface area (Å²) in [5.41, 5.74) is 5.68. The topological polar surface area (TPSA) is 120 Å². The molecule has 1 aliphatic heterocycles. The molecule has 1 rings (SSSR count). The van der Waals surface area contributed by atoms with Crippen LogP contribution in [-0.2, 0) is 9.63 Å². The van der Waals surface area contributed by atoms with E-state index >= 15 is 0 Å². The Morgan fingerprint density at radius 2 is 2.16 bits per heavy atom. The van der Waals surface area contributed by atoms with Gasteiger partial charge < -0.3 is 21.0 Å². The van der Waals surface area contributed by atoms with Gasteiger partial charge in [-0.2, -0.15) is 11.8 Å². The second-order valence-corrected chi connectivity index (χ2v) is 5.00. The number of thioether (sulfide) groups is 1. The first-order valence-electron chi connectivity index (χ1n) is 5.85. The number of piperazine rings is 1. The second-order valence-electron chi connectivity index (χ2n) is 4.02. The maximum Gasteiger partial charge on any atom is 0.341 e. The van der Waals surface area contributed by atoms with Crippen molar-refractivity contribution in [1.29, 1.82) is 0 Å². The molecule has 0 aromatic rings. The zero-order chi connectivity index (χ0) is 14.3. The molecule has 0 aromatic heterocycles. The number of nitrogens with zero attached hydrogens (tertiary/aromatic N) is 4. The van der Waals surface area contributed by atoms with Gasteiger partial charge in [0.25, 0.3) is 0 Å². The Hall–Kier alpha value is -1.26. The van der Waals surface area contributed by atoms with Gasteiger partial charge in [0.1, 0.15) is 6.04 Å². The van der Waals surface area contributed by atoms with E-state index in [-0.39, 0.29) is 18.1 Å². The molecule has 0 bridgehead atoms. The van der Waals surface area contributed by atoms with Gasteiger partial charge in [0.2, 0.25) is 0 Å². The van der Waals surface area contributed by atoms with Crippen LogP contribution >= 0.6 is 11.8 Å². The lowest BCUT2D eigenvalue weighted by Gasteiger charge is -2.31. The number of hydroxylamine groups is 2. The monoisotopic (exact) mass is 292 g/mol. The molecule has 1 atom stereocenters. The van der Waals surface area contributed by atoms with Gasteiger partial charge in [-0.3, -0.25) is 0 Å². The maximum absolute atomic E-state index is 11.6. The summed E-state index contributed by atoms with van der Waals surface area (Å²) in [5.74, 6) is 0.315. The lowest BCUT2D eigenvalue weighted by Crippen LogP contribution is -2.50. The summed E-state index contributed by atoms with van der Waals surface area (Å²) < 4.78 is 0. The highest BCUT2D eigenvalue weighted by Gasteiger charge is 2.25. The van der Waals surface area contributed by atoms with Gasteiger partial charge in [0, 0.05) is 4.97 Å². The van der Waals surface area contributed by atoms with Gasteiger partial charge in [0.05, 0.1) is 26.2 Å². The third-order valence-corrected chi connectivity index (χ3v) is 3.33. The molecular weight excluding hydrogens is 274 g/mol. The molecular formula is C9H18N5O4S-. The molecule has 9 nitrogen and oxygen atoms in total. The molecule has 10 heteroatoms. The van der Waals surface area contributed by atoms with Gasteiger partial charge in [-0.15, -0.1) is 10.1 Å². The minimum absolute atomic E-state index is 0.00334. The highest BCUT2D eigenvalue weighted by atomic mass is 32.2. The summed E-state index contributed by atoms with van der Waals surface area (Å²) in [6.07, 6.45) is 2.50. The maximum atomic E-state index is 11.6. The average Bonchev–Trinajstić information content (AvgIpc) is 2.44. The summed E-state index contributed by atoms with van der Waals surface area (Å²) >= 11 is 1.61. The number of hydrazine groups is 1. The quantitative estimate of drug-likeness (QED) is 0.396. The minimum Gasteiger partial charge on any atom is -0.737 e. The van der Waals surface area contributed by atoms with E-state index in [2.05, 4.69) is 5.28 Å². The average molecular weight is 292 g/mol. The Morgan fingerprint density at radius 1 is 1.53 bits per heavy atom. The van der Waals surface area contributed by atoms with E-state index in [1.165, 1.54) is 10.1 Å². The van der Waals surface area contributed by atoms with E-state index in [0.717, 1.165) is 5.75 Å². The number of carbonyl (C=O) groups excluding carboxylic acids is 1. The SMILES string of the molecule is CSCCC(N)C(=O)ON1CCN(/[N+]([O-])=N/[O-])CC1. The van der Waals surface area contributed by atoms with Crippen molar-refractivity contribution in [1.82, 2.24) is 10.1 Å². The van der Waals surface area contributed by atoms with E-state index in [1.54, 1.807) is 11.8 Å². The van der Waals surface area contributed by atoms with Gasteiger partial charge in [-0.05, 0) is 23.7 Å². The summed E-state index contributed by atoms with van der Waals surface area (Å²) in [7, 11) is 0. The van der Waals surface area contributed by atoms with E-state index in [9.17, 15) is 15.2 Å². The summed E-state index contributed by atoms with van der Waals surface area (Å²) in [5, 5.41) is 25.9. The number of rotatable bonds is 6. The fourth-order valence-electron chi connectivity index (χ4n) is 1.55. The van der Waals surface area contributed by atoms with Crippen LogP contribution in [-0.4, -0.2) is 65.2 Å². The van der Waals surface area contributed by atoms with Crippen molar-refractivity contribution in [3.05, 3.63) is 10.4 Å². The third kappa shape index (κ3) is 5.09. The zero-order valence-corrected chi connectivity index (χ0v) is 11.5. The molecule has 1 aliphatic rings. The Morgan fingerprint density at radius 3 is 2.68 bits per heavy atom. The van der Waals surface area contributed by atoms with Crippen molar-refractivity contribution in [2.45, 2.75) is 12.5 Å². The smallest absolute Gasteiger partial charge is 0.341 e. The summed E-state index contributed by atoms with van der Waals surface area (Å²) in [4.78, 5) is 16.8. The minimum atomic E-state index is -0.641. The van der Waals surface area contributed by atoms with Crippen molar-refractivity contribution in [3.63, 3.8) is 0 Å². The van der Waals surface area contributed by atoms with Crippen molar-refractivity contribution >= 4 is 17.7 Å². The van der Waals surface area contributed by atoms with Gasteiger partial charge in [0.15, 0.2) is 0 Å². The molecule has 0 saturated carbocycles. The third-order valence-electron chi connectivity index (χ3n) is 2.68. The van der Waals surface area contributed by atoms with Gasteiger partial charge in [-0.1, -0.05) is 0 Å². The lowest BCUT2D eigenvalue weighted by molar-refractivity contribution is -0.693. The first kappa shape index (κ1) is 15.8. The molecule has 0 amide bonds. The fourth-order valence-corrected chi connectivity index (χ4v) is 2.04. The van der Waals surface area contributed by atoms with Crippen molar-refractivity contribution in [3.8, 4) is 0 Å². The predicted molar refractivity (Wildman–Crippen MR) is 69.6 cm³/mol. The van der Waals surface area contributed by atoms with Crippen LogP contribution in [0, 0.1) is 10.4 Å². The molecule has 0 aromatic carbocycles. The molecule has 19 heavy (non-hydrogen) atoms. The van der Waals surface area contributed by atoms with Crippen LogP contribution < -0.4 is 5.73 Å². The Kier molecular flexibility index (Phi) is 6.67. The van der Waals surface area contributed by atoms with E-state index in [0.29, 0.717) is 19.5 Å². The van der Waals surface area contributed by atoms with Crippen LogP contribution in [0.5, 0.6) is 0 Å². The largest absolute Gasteiger partial charge is 0.737 e. The highest BCUT2D eigenvalue weighted by Crippen LogP contribution is 2.06. The molecule has 2 N–H and O–H groups in total. The summed E-state index contributed by atoms with van der Waals surface area (Å²) in [6, 6.07) is -0.641. The fraction of sp³-hybridized carbons (Fsp3) is 0.889. The molecule has 1 unspecified atom stereocenters. The molecule has 0 radical (unpaired) electrons. The van der Waals surface area contributed by atoms with Gasteiger partial charge >= 0.3 is 5.97 Å². The highest BCUT2D eigenvalue weighted by molar-refractivity contribution is 7.98. The molecule has 1 heterocycles. The first-order valence-corrected chi connectivity index (χ1v) is 7.24. The van der Waals surface area contributed by atoms with E-state index in [4.69, 9.17) is 10.6 Å². The number of carbonyl (C=O) groups is 1. The number of hydrogen-bond acceptors (Lipinski definition) is 8. The molecule has 0 aliphatic carbocycles. The van der Waals surface area contributed by atoms with Crippen LogP contribution in [0.2, 0.25) is 0 Å². The molecule has 110 valence electrons. The van der Waals surface area contributed by atoms with Crippen LogP contribution in [0.1, 0.15) is 6.42 Å². The summed E-state index contributed by atoms with van der Waals surface area (Å²) in [6.45, 7) is 1.19. The molecule has 1 fully saturated rings. The number of nitrogens with two attached hydrogens (primary N) is 1. The normalized spacial score (nSPS) is 19.3. The van der Waals surface area contributed by atoms with Crippen LogP contribution in [0.15, 0.2) is 5.28 Å². The Bertz CT molecular complexity index is 322. The Balaban J connectivity index is 2.30. The van der Waals surface area contributed by atoms with E-state index < -0.39 is 12.0 Å². The lowest BCUT2D eigenvalue weighted by atomic mass is 10.2. The molecule has 0 spiro atoms. The second kappa shape index (κ2) is 8.02. The first-order chi connectivity index (χ1) is 9.08. The molecule has 1 saturated heterocycles. The van der Waals surface area contributed by atoms with Crippen LogP contribution in [0.25, 0.3) is 0 Å². The Labute approximate surface area is 115 Å². The predicted octanol–water partition coefficient (Wildman–Crippen LogP) is -0.482. The van der Waals surface area contributed by atoms with Crippen molar-refractivity contribution in [2.24, 2.45) is 11.0 Å². The van der Waals surface area contributed by atoms with Crippen LogP contribution in [0.3, 0.4) is 0 Å². The number of hydrogen-bond donors (Lipinski definition) is 1. The van der Waals surface area contributed by atoms with Gasteiger partial charge in [-0.25, -0.2) is 4.79 Å². The standard InChI is InChI=1S/C9H19N5O4S/c1-19-7-2-8(10)9(15)18-13-5-3-12(4-6-13)14(17)11-16/h8,16H,2-7,10H2,1H3/p-1/b14-11-. The zero-order valence-electron chi connectivity index (χ0n) is 10.7. The van der Waals surface area contributed by atoms with Crippen molar-refractivity contribution < 1.29 is 14.6 Å². The van der Waals surface area contributed by atoms with Crippen molar-refractivity contribution in [2.75, 3.05) is 38.2 Å².